The molecule has 0 bridgehead atoms. The third-order valence-corrected chi connectivity index (χ3v) is 2.86. The van der Waals surface area contributed by atoms with Crippen LogP contribution in [0.1, 0.15) is 6.92 Å². The van der Waals surface area contributed by atoms with Gasteiger partial charge in [-0.3, -0.25) is 9.67 Å². The zero-order chi connectivity index (χ0) is 11.7. The van der Waals surface area contributed by atoms with Gasteiger partial charge >= 0.3 is 0 Å². The molecule has 1 aromatic carbocycles. The third-order valence-electron chi connectivity index (χ3n) is 2.86. The van der Waals surface area contributed by atoms with E-state index in [0.717, 1.165) is 28.8 Å². The topological polar surface area (TPSA) is 30.7 Å². The molecule has 0 aliphatic rings. The zero-order valence-electron chi connectivity index (χ0n) is 9.67. The van der Waals surface area contributed by atoms with Crippen LogP contribution in [0, 0.1) is 0 Å². The van der Waals surface area contributed by atoms with Crippen molar-refractivity contribution in [3.8, 4) is 11.3 Å². The van der Waals surface area contributed by atoms with E-state index in [4.69, 9.17) is 0 Å². The molecule has 2 heterocycles. The van der Waals surface area contributed by atoms with Gasteiger partial charge in [0, 0.05) is 18.3 Å². The van der Waals surface area contributed by atoms with E-state index in [1.54, 1.807) is 0 Å². The summed E-state index contributed by atoms with van der Waals surface area (Å²) in [5.41, 5.74) is 4.14. The summed E-state index contributed by atoms with van der Waals surface area (Å²) < 4.78 is 1.99. The predicted octanol–water partition coefficient (Wildman–Crippen LogP) is 3.12. The Balaban J connectivity index is 2.31. The molecule has 17 heavy (non-hydrogen) atoms. The molecule has 0 unspecified atom stereocenters. The van der Waals surface area contributed by atoms with Crippen molar-refractivity contribution in [1.82, 2.24) is 14.8 Å². The molecule has 84 valence electrons. The molecule has 0 aliphatic heterocycles. The van der Waals surface area contributed by atoms with Gasteiger partial charge in [0.05, 0.1) is 5.52 Å². The van der Waals surface area contributed by atoms with Gasteiger partial charge in [-0.05, 0) is 19.1 Å². The quantitative estimate of drug-likeness (QED) is 0.668. The van der Waals surface area contributed by atoms with E-state index in [1.807, 2.05) is 35.1 Å². The highest BCUT2D eigenvalue weighted by atomic mass is 15.3. The first-order valence-corrected chi connectivity index (χ1v) is 5.77. The van der Waals surface area contributed by atoms with Gasteiger partial charge in [0.25, 0.3) is 0 Å². The molecule has 0 saturated carbocycles. The second-order valence-corrected chi connectivity index (χ2v) is 3.90. The highest BCUT2D eigenvalue weighted by molar-refractivity contribution is 5.89. The summed E-state index contributed by atoms with van der Waals surface area (Å²) in [5.74, 6) is 0. The van der Waals surface area contributed by atoms with Gasteiger partial charge in [0.15, 0.2) is 0 Å². The average Bonchev–Trinajstić information content (AvgIpc) is 2.78. The molecular weight excluding hydrogens is 210 g/mol. The molecule has 0 radical (unpaired) electrons. The highest BCUT2D eigenvalue weighted by Gasteiger charge is 2.11. The Kier molecular flexibility index (Phi) is 2.37. The van der Waals surface area contributed by atoms with Crippen LogP contribution in [0.15, 0.2) is 48.7 Å². The molecule has 2 aromatic heterocycles. The summed E-state index contributed by atoms with van der Waals surface area (Å²) in [6, 6.07) is 14.2. The molecule has 3 nitrogen and oxygen atoms in total. The lowest BCUT2D eigenvalue weighted by molar-refractivity contribution is 0.686. The Morgan fingerprint density at radius 1 is 1.06 bits per heavy atom. The lowest BCUT2D eigenvalue weighted by Crippen LogP contribution is -1.95. The van der Waals surface area contributed by atoms with Crippen LogP contribution in [0.4, 0.5) is 0 Å². The van der Waals surface area contributed by atoms with Gasteiger partial charge in [-0.15, -0.1) is 0 Å². The first-order valence-electron chi connectivity index (χ1n) is 5.77. The molecule has 0 spiro atoms. The minimum atomic E-state index is 0.856. The van der Waals surface area contributed by atoms with Crippen molar-refractivity contribution in [1.29, 1.82) is 0 Å². The summed E-state index contributed by atoms with van der Waals surface area (Å²) in [5, 5.41) is 4.63. The van der Waals surface area contributed by atoms with Crippen LogP contribution in [0.5, 0.6) is 0 Å². The molecule has 0 amide bonds. The smallest absolute Gasteiger partial charge is 0.119 e. The second kappa shape index (κ2) is 4.01. The molecule has 0 fully saturated rings. The van der Waals surface area contributed by atoms with Gasteiger partial charge in [0.2, 0.25) is 0 Å². The molecule has 0 atom stereocenters. The predicted molar refractivity (Wildman–Crippen MR) is 68.6 cm³/mol. The summed E-state index contributed by atoms with van der Waals surface area (Å²) in [6.07, 6.45) is 1.82. The standard InChI is InChI=1S/C14H13N3/c1-2-17-12-9-6-10-15-14(12)13(16-17)11-7-4-3-5-8-11/h3-10H,2H2,1H3. The monoisotopic (exact) mass is 223 g/mol. The third kappa shape index (κ3) is 1.60. The van der Waals surface area contributed by atoms with Crippen molar-refractivity contribution in [2.75, 3.05) is 0 Å². The molecule has 0 N–H and O–H groups in total. The minimum Gasteiger partial charge on any atom is -0.263 e. The van der Waals surface area contributed by atoms with Crippen LogP contribution in [0.25, 0.3) is 22.3 Å². The number of aryl methyl sites for hydroxylation is 1. The van der Waals surface area contributed by atoms with E-state index >= 15 is 0 Å². The SMILES string of the molecule is CCn1nc(-c2ccccc2)c2ncccc21. The number of nitrogens with zero attached hydrogens (tertiary/aromatic N) is 3. The van der Waals surface area contributed by atoms with E-state index < -0.39 is 0 Å². The number of pyridine rings is 1. The van der Waals surface area contributed by atoms with Gasteiger partial charge < -0.3 is 0 Å². The fraction of sp³-hybridized carbons (Fsp3) is 0.143. The zero-order valence-corrected chi connectivity index (χ0v) is 9.67. The Morgan fingerprint density at radius 3 is 2.65 bits per heavy atom. The molecule has 0 aliphatic carbocycles. The lowest BCUT2D eigenvalue weighted by Gasteiger charge is -1.95. The van der Waals surface area contributed by atoms with Crippen molar-refractivity contribution >= 4 is 11.0 Å². The number of fused-ring (bicyclic) bond motifs is 1. The van der Waals surface area contributed by atoms with E-state index in [9.17, 15) is 0 Å². The maximum atomic E-state index is 4.63. The van der Waals surface area contributed by atoms with Crippen molar-refractivity contribution in [2.45, 2.75) is 13.5 Å². The van der Waals surface area contributed by atoms with E-state index in [-0.39, 0.29) is 0 Å². The summed E-state index contributed by atoms with van der Waals surface area (Å²) in [6.45, 7) is 2.95. The van der Waals surface area contributed by atoms with Crippen LogP contribution >= 0.6 is 0 Å². The largest absolute Gasteiger partial charge is 0.263 e. The average molecular weight is 223 g/mol. The lowest BCUT2D eigenvalue weighted by atomic mass is 10.1. The Bertz CT molecular complexity index is 641. The summed E-state index contributed by atoms with van der Waals surface area (Å²) >= 11 is 0. The first-order chi connectivity index (χ1) is 8.40. The van der Waals surface area contributed by atoms with Crippen LogP contribution in [0.3, 0.4) is 0 Å². The number of hydrogen-bond donors (Lipinski definition) is 0. The number of rotatable bonds is 2. The fourth-order valence-electron chi connectivity index (χ4n) is 2.04. The van der Waals surface area contributed by atoms with Crippen molar-refractivity contribution < 1.29 is 0 Å². The van der Waals surface area contributed by atoms with E-state index in [0.29, 0.717) is 0 Å². The number of benzene rings is 1. The van der Waals surface area contributed by atoms with Crippen LogP contribution in [0.2, 0.25) is 0 Å². The van der Waals surface area contributed by atoms with Crippen LogP contribution < -0.4 is 0 Å². The van der Waals surface area contributed by atoms with Gasteiger partial charge in [-0.1, -0.05) is 30.3 Å². The molecular formula is C14H13N3. The highest BCUT2D eigenvalue weighted by Crippen LogP contribution is 2.25. The Morgan fingerprint density at radius 2 is 1.88 bits per heavy atom. The summed E-state index contributed by atoms with van der Waals surface area (Å²) in [7, 11) is 0. The van der Waals surface area contributed by atoms with E-state index in [1.165, 1.54) is 0 Å². The van der Waals surface area contributed by atoms with Crippen molar-refractivity contribution in [3.63, 3.8) is 0 Å². The van der Waals surface area contributed by atoms with Crippen molar-refractivity contribution in [3.05, 3.63) is 48.7 Å². The van der Waals surface area contributed by atoms with Gasteiger partial charge in [-0.25, -0.2) is 0 Å². The van der Waals surface area contributed by atoms with E-state index in [2.05, 4.69) is 35.2 Å². The second-order valence-electron chi connectivity index (χ2n) is 3.90. The van der Waals surface area contributed by atoms with Crippen LogP contribution in [-0.2, 0) is 6.54 Å². The Hall–Kier alpha value is -2.16. The molecule has 3 heteroatoms. The maximum Gasteiger partial charge on any atom is 0.119 e. The molecule has 0 saturated heterocycles. The molecule has 3 aromatic rings. The summed E-state index contributed by atoms with van der Waals surface area (Å²) in [4.78, 5) is 4.44. The first kappa shape index (κ1) is 10.0. The van der Waals surface area contributed by atoms with Crippen LogP contribution in [-0.4, -0.2) is 14.8 Å². The number of hydrogen-bond acceptors (Lipinski definition) is 2. The number of aromatic nitrogens is 3. The van der Waals surface area contributed by atoms with Crippen molar-refractivity contribution in [2.24, 2.45) is 0 Å². The van der Waals surface area contributed by atoms with Gasteiger partial charge in [-0.2, -0.15) is 5.10 Å². The van der Waals surface area contributed by atoms with Gasteiger partial charge in [0.1, 0.15) is 11.2 Å². The Labute approximate surface area is 99.7 Å². The maximum absolute atomic E-state index is 4.63. The fourth-order valence-corrected chi connectivity index (χ4v) is 2.04. The minimum absolute atomic E-state index is 0.856. The molecule has 3 rings (SSSR count). The normalized spacial score (nSPS) is 10.9.